The molecule has 1 aromatic carbocycles. The van der Waals surface area contributed by atoms with Gasteiger partial charge in [0.25, 0.3) is 0 Å². The number of hydrogen-bond donors (Lipinski definition) is 0. The van der Waals surface area contributed by atoms with Crippen molar-refractivity contribution in [2.24, 2.45) is 0 Å². The highest BCUT2D eigenvalue weighted by Gasteiger charge is 2.33. The Bertz CT molecular complexity index is 530. The second kappa shape index (κ2) is 5.66. The van der Waals surface area contributed by atoms with Crippen molar-refractivity contribution in [1.29, 1.82) is 0 Å². The summed E-state index contributed by atoms with van der Waals surface area (Å²) in [6, 6.07) is 8.30. The fraction of sp³-hybridized carbons (Fsp3) is 0.500. The molecule has 20 heavy (non-hydrogen) atoms. The molecule has 0 bridgehead atoms. The Morgan fingerprint density at radius 1 is 1.15 bits per heavy atom. The summed E-state index contributed by atoms with van der Waals surface area (Å²) in [7, 11) is 0.425. The normalized spacial score (nSPS) is 15.9. The number of benzene rings is 1. The summed E-state index contributed by atoms with van der Waals surface area (Å²) in [5.41, 5.74) is 1.97. The Hall–Kier alpha value is -0.583. The van der Waals surface area contributed by atoms with Gasteiger partial charge in [0.1, 0.15) is 18.0 Å². The van der Waals surface area contributed by atoms with Crippen LogP contribution in [0.1, 0.15) is 45.7 Å². The first-order chi connectivity index (χ1) is 9.21. The lowest BCUT2D eigenvalue weighted by Gasteiger charge is -2.34. The lowest BCUT2D eigenvalue weighted by molar-refractivity contribution is 0.0530. The molecule has 0 unspecified atom stereocenters. The SMILES string of the molecule is CC(C)(C)[Si]OC(C)(C)C1=C(Br)c2ccccc2CO1. The van der Waals surface area contributed by atoms with E-state index in [0.717, 1.165) is 10.2 Å². The van der Waals surface area contributed by atoms with E-state index in [-0.39, 0.29) is 5.04 Å². The first kappa shape index (κ1) is 15.8. The molecule has 0 saturated heterocycles. The maximum absolute atomic E-state index is 6.13. The molecule has 0 saturated carbocycles. The predicted octanol–water partition coefficient (Wildman–Crippen LogP) is 4.91. The molecule has 0 aromatic heterocycles. The van der Waals surface area contributed by atoms with Gasteiger partial charge in [0, 0.05) is 0 Å². The summed E-state index contributed by atoms with van der Waals surface area (Å²) in [6.07, 6.45) is 0. The first-order valence-electron chi connectivity index (χ1n) is 6.77. The molecule has 108 valence electrons. The van der Waals surface area contributed by atoms with Crippen LogP contribution in [0.4, 0.5) is 0 Å². The second-order valence-corrected chi connectivity index (χ2v) is 9.25. The van der Waals surface area contributed by atoms with Crippen LogP contribution in [0.5, 0.6) is 0 Å². The first-order valence-corrected chi connectivity index (χ1v) is 8.47. The molecule has 2 nitrogen and oxygen atoms in total. The van der Waals surface area contributed by atoms with Gasteiger partial charge >= 0.3 is 0 Å². The Balaban J connectivity index is 2.28. The van der Waals surface area contributed by atoms with E-state index in [2.05, 4.69) is 62.7 Å². The lowest BCUT2D eigenvalue weighted by atomic mass is 9.99. The summed E-state index contributed by atoms with van der Waals surface area (Å²) >= 11 is 3.69. The number of ether oxygens (including phenoxy) is 1. The number of rotatable bonds is 3. The molecule has 1 aliphatic heterocycles. The zero-order valence-electron chi connectivity index (χ0n) is 12.7. The summed E-state index contributed by atoms with van der Waals surface area (Å²) in [5, 5.41) is 0.164. The molecule has 4 heteroatoms. The number of fused-ring (bicyclic) bond motifs is 1. The van der Waals surface area contributed by atoms with Crippen LogP contribution < -0.4 is 0 Å². The predicted molar refractivity (Wildman–Crippen MR) is 87.7 cm³/mol. The van der Waals surface area contributed by atoms with Crippen LogP contribution in [0.15, 0.2) is 30.0 Å². The van der Waals surface area contributed by atoms with Crippen molar-refractivity contribution in [3.8, 4) is 0 Å². The summed E-state index contributed by atoms with van der Waals surface area (Å²) < 4.78 is 13.1. The molecule has 1 aliphatic rings. The van der Waals surface area contributed by atoms with Crippen LogP contribution >= 0.6 is 15.9 Å². The van der Waals surface area contributed by atoms with E-state index in [1.54, 1.807) is 0 Å². The summed E-state index contributed by atoms with van der Waals surface area (Å²) in [5.74, 6) is 0.882. The van der Waals surface area contributed by atoms with Crippen molar-refractivity contribution in [3.05, 3.63) is 41.2 Å². The average molecular weight is 353 g/mol. The van der Waals surface area contributed by atoms with Crippen molar-refractivity contribution in [2.75, 3.05) is 0 Å². The van der Waals surface area contributed by atoms with Gasteiger partial charge in [-0.2, -0.15) is 0 Å². The smallest absolute Gasteiger partial charge is 0.237 e. The van der Waals surface area contributed by atoms with Crippen molar-refractivity contribution in [3.63, 3.8) is 0 Å². The second-order valence-electron chi connectivity index (χ2n) is 6.55. The Morgan fingerprint density at radius 3 is 2.45 bits per heavy atom. The highest BCUT2D eigenvalue weighted by molar-refractivity contribution is 9.15. The topological polar surface area (TPSA) is 18.5 Å². The van der Waals surface area contributed by atoms with Gasteiger partial charge in [0.2, 0.25) is 9.76 Å². The van der Waals surface area contributed by atoms with Crippen LogP contribution in [0.3, 0.4) is 0 Å². The van der Waals surface area contributed by atoms with Gasteiger partial charge in [-0.05, 0) is 45.9 Å². The van der Waals surface area contributed by atoms with Crippen molar-refractivity contribution < 1.29 is 9.16 Å². The van der Waals surface area contributed by atoms with Crippen LogP contribution in [0.25, 0.3) is 4.48 Å². The van der Waals surface area contributed by atoms with E-state index in [1.165, 1.54) is 11.1 Å². The minimum atomic E-state index is -0.432. The fourth-order valence-electron chi connectivity index (χ4n) is 1.96. The van der Waals surface area contributed by atoms with Crippen LogP contribution in [0.2, 0.25) is 5.04 Å². The molecule has 2 radical (unpaired) electrons. The maximum Gasteiger partial charge on any atom is 0.237 e. The molecule has 0 fully saturated rings. The third kappa shape index (κ3) is 3.54. The minimum absolute atomic E-state index is 0.164. The molecule has 2 rings (SSSR count). The third-order valence-electron chi connectivity index (χ3n) is 2.98. The van der Waals surface area contributed by atoms with Gasteiger partial charge in [-0.15, -0.1) is 0 Å². The van der Waals surface area contributed by atoms with Gasteiger partial charge in [0.15, 0.2) is 0 Å². The summed E-state index contributed by atoms with van der Waals surface area (Å²) in [4.78, 5) is 0. The van der Waals surface area contributed by atoms with Gasteiger partial charge in [-0.3, -0.25) is 0 Å². The number of halogens is 1. The monoisotopic (exact) mass is 352 g/mol. The standard InChI is InChI=1S/C16H21BrO2Si/c1-15(2,3)20-19-16(4,5)14-13(17)12-9-7-6-8-11(12)10-18-14/h6-9H,10H2,1-5H3. The molecule has 1 heterocycles. The zero-order chi connectivity index (χ0) is 15.0. The van der Waals surface area contributed by atoms with E-state index in [0.29, 0.717) is 16.4 Å². The van der Waals surface area contributed by atoms with E-state index < -0.39 is 5.60 Å². The Kier molecular flexibility index (Phi) is 4.47. The molecule has 0 amide bonds. The van der Waals surface area contributed by atoms with Crippen molar-refractivity contribution in [1.82, 2.24) is 0 Å². The molecule has 0 aliphatic carbocycles. The molecular weight excluding hydrogens is 332 g/mol. The quantitative estimate of drug-likeness (QED) is 0.719. The summed E-state index contributed by atoms with van der Waals surface area (Å²) in [6.45, 7) is 11.3. The number of hydrogen-bond acceptors (Lipinski definition) is 2. The molecule has 0 atom stereocenters. The minimum Gasteiger partial charge on any atom is -0.489 e. The Labute approximate surface area is 132 Å². The maximum atomic E-state index is 6.13. The zero-order valence-corrected chi connectivity index (χ0v) is 15.3. The van der Waals surface area contributed by atoms with E-state index in [1.807, 2.05) is 12.1 Å². The molecule has 0 spiro atoms. The highest BCUT2D eigenvalue weighted by atomic mass is 79.9. The van der Waals surface area contributed by atoms with Crippen molar-refractivity contribution in [2.45, 2.75) is 51.9 Å². The highest BCUT2D eigenvalue weighted by Crippen LogP contribution is 2.40. The van der Waals surface area contributed by atoms with Crippen LogP contribution in [0, 0.1) is 0 Å². The Morgan fingerprint density at radius 2 is 1.80 bits per heavy atom. The largest absolute Gasteiger partial charge is 0.489 e. The fourth-order valence-corrected chi connectivity index (χ4v) is 3.59. The van der Waals surface area contributed by atoms with Crippen LogP contribution in [-0.2, 0) is 15.8 Å². The third-order valence-corrected chi connectivity index (χ3v) is 5.00. The molecule has 1 aromatic rings. The van der Waals surface area contributed by atoms with Gasteiger partial charge in [0.05, 0.1) is 4.48 Å². The van der Waals surface area contributed by atoms with E-state index in [9.17, 15) is 0 Å². The van der Waals surface area contributed by atoms with Gasteiger partial charge in [-0.25, -0.2) is 0 Å². The van der Waals surface area contributed by atoms with Gasteiger partial charge in [-0.1, -0.05) is 45.0 Å². The molecule has 0 N–H and O–H groups in total. The van der Waals surface area contributed by atoms with Gasteiger partial charge < -0.3 is 9.16 Å². The van der Waals surface area contributed by atoms with E-state index in [4.69, 9.17) is 9.16 Å². The van der Waals surface area contributed by atoms with Crippen LogP contribution in [-0.4, -0.2) is 15.4 Å². The average Bonchev–Trinajstić information content (AvgIpc) is 2.36. The lowest BCUT2D eigenvalue weighted by Crippen LogP contribution is -2.34. The van der Waals surface area contributed by atoms with E-state index >= 15 is 0 Å². The molecular formula is C16H21BrO2Si. The van der Waals surface area contributed by atoms with Crippen molar-refractivity contribution >= 4 is 30.2 Å².